The molecule has 19 heavy (non-hydrogen) atoms. The number of methoxy groups -OCH3 is 1. The molecule has 1 aromatic rings. The van der Waals surface area contributed by atoms with E-state index >= 15 is 0 Å². The minimum absolute atomic E-state index is 0.241. The summed E-state index contributed by atoms with van der Waals surface area (Å²) in [6, 6.07) is 3.14. The molecule has 0 saturated carbocycles. The Bertz CT molecular complexity index is 453. The van der Waals surface area contributed by atoms with Crippen LogP contribution >= 0.6 is 0 Å². The molecule has 1 aromatic carbocycles. The Labute approximate surface area is 115 Å². The predicted octanol–water partition coefficient (Wildman–Crippen LogP) is 1.95. The summed E-state index contributed by atoms with van der Waals surface area (Å²) in [5.41, 5.74) is -0.897. The van der Waals surface area contributed by atoms with Crippen LogP contribution < -0.4 is 10.2 Å². The highest BCUT2D eigenvalue weighted by molar-refractivity contribution is 6.48. The maximum absolute atomic E-state index is 13.9. The van der Waals surface area contributed by atoms with Gasteiger partial charge in [-0.2, -0.15) is 0 Å². The van der Waals surface area contributed by atoms with Crippen molar-refractivity contribution in [3.8, 4) is 5.75 Å². The van der Waals surface area contributed by atoms with Gasteiger partial charge in [-0.15, -0.1) is 0 Å². The molecule has 1 radical (unpaired) electrons. The van der Waals surface area contributed by atoms with Gasteiger partial charge in [0.2, 0.25) is 0 Å². The minimum atomic E-state index is -1.06. The van der Waals surface area contributed by atoms with Gasteiger partial charge in [0.1, 0.15) is 11.6 Å². The van der Waals surface area contributed by atoms with E-state index in [0.717, 1.165) is 5.56 Å². The van der Waals surface area contributed by atoms with Gasteiger partial charge in [-0.25, -0.2) is 4.39 Å². The lowest BCUT2D eigenvalue weighted by Crippen LogP contribution is -2.49. The van der Waals surface area contributed by atoms with Crippen molar-refractivity contribution >= 4 is 12.9 Å². The fourth-order valence-corrected chi connectivity index (χ4v) is 1.36. The van der Waals surface area contributed by atoms with Gasteiger partial charge in [-0.3, -0.25) is 0 Å². The Kier molecular flexibility index (Phi) is 4.64. The number of aryl methyl sites for hydroxylation is 1. The fourth-order valence-electron chi connectivity index (χ4n) is 1.36. The summed E-state index contributed by atoms with van der Waals surface area (Å²) in [6.07, 6.45) is 0. The van der Waals surface area contributed by atoms with Crippen molar-refractivity contribution in [3.63, 3.8) is 0 Å². The Hall–Kier alpha value is -1.07. The molecule has 0 unspecified atom stereocenters. The Morgan fingerprint density at radius 3 is 2.26 bits per heavy atom. The molecular formula is C14H21BFO3. The van der Waals surface area contributed by atoms with Gasteiger partial charge in [-0.05, 0) is 52.3 Å². The zero-order valence-corrected chi connectivity index (χ0v) is 12.4. The lowest BCUT2D eigenvalue weighted by Gasteiger charge is -2.37. The summed E-state index contributed by atoms with van der Waals surface area (Å²) in [7, 11) is 2.78. The van der Waals surface area contributed by atoms with Crippen LogP contribution in [-0.4, -0.2) is 30.9 Å². The Morgan fingerprint density at radius 2 is 1.79 bits per heavy atom. The Balaban J connectivity index is 2.95. The van der Waals surface area contributed by atoms with Gasteiger partial charge in [0.25, 0.3) is 0 Å². The van der Waals surface area contributed by atoms with E-state index in [-0.39, 0.29) is 5.46 Å². The molecule has 0 bridgehead atoms. The minimum Gasteiger partial charge on any atom is -0.497 e. The maximum atomic E-state index is 13.9. The average Bonchev–Trinajstić information content (AvgIpc) is 2.25. The molecule has 0 aliphatic heterocycles. The van der Waals surface area contributed by atoms with E-state index in [9.17, 15) is 9.50 Å². The van der Waals surface area contributed by atoms with Gasteiger partial charge in [0.05, 0.1) is 18.3 Å². The third kappa shape index (κ3) is 3.70. The zero-order chi connectivity index (χ0) is 14.8. The van der Waals surface area contributed by atoms with E-state index in [0.29, 0.717) is 5.75 Å². The fraction of sp³-hybridized carbons (Fsp3) is 0.571. The van der Waals surface area contributed by atoms with Gasteiger partial charge >= 0.3 is 7.48 Å². The van der Waals surface area contributed by atoms with Crippen LogP contribution in [0.1, 0.15) is 33.3 Å². The number of hydrogen-bond donors (Lipinski definition) is 1. The molecule has 1 rings (SSSR count). The molecule has 0 amide bonds. The second kappa shape index (κ2) is 5.51. The monoisotopic (exact) mass is 267 g/mol. The molecule has 0 saturated heterocycles. The zero-order valence-electron chi connectivity index (χ0n) is 12.4. The quantitative estimate of drug-likeness (QED) is 0.829. The van der Waals surface area contributed by atoms with Gasteiger partial charge in [-0.1, -0.05) is 0 Å². The van der Waals surface area contributed by atoms with Crippen LogP contribution in [0.2, 0.25) is 0 Å². The molecule has 105 valence electrons. The van der Waals surface area contributed by atoms with Crippen molar-refractivity contribution in [2.75, 3.05) is 7.11 Å². The summed E-state index contributed by atoms with van der Waals surface area (Å²) >= 11 is 0. The normalized spacial score (nSPS) is 12.4. The van der Waals surface area contributed by atoms with Crippen molar-refractivity contribution in [3.05, 3.63) is 23.5 Å². The van der Waals surface area contributed by atoms with Crippen molar-refractivity contribution < 1.29 is 18.9 Å². The van der Waals surface area contributed by atoms with Gasteiger partial charge in [0, 0.05) is 5.46 Å². The highest BCUT2D eigenvalue weighted by Crippen LogP contribution is 2.25. The first-order valence-electron chi connectivity index (χ1n) is 6.16. The number of benzene rings is 1. The number of aliphatic hydroxyl groups is 1. The first-order valence-corrected chi connectivity index (χ1v) is 6.16. The molecule has 5 heteroatoms. The second-order valence-corrected chi connectivity index (χ2v) is 5.67. The summed E-state index contributed by atoms with van der Waals surface area (Å²) < 4.78 is 24.6. The third-order valence-corrected chi connectivity index (χ3v) is 3.40. The summed E-state index contributed by atoms with van der Waals surface area (Å²) in [4.78, 5) is 0. The molecule has 0 aromatic heterocycles. The van der Waals surface area contributed by atoms with E-state index in [1.807, 2.05) is 0 Å². The van der Waals surface area contributed by atoms with E-state index in [1.165, 1.54) is 20.7 Å². The molecule has 1 N–H and O–H groups in total. The summed E-state index contributed by atoms with van der Waals surface area (Å²) in [6.45, 7) is 8.55. The first kappa shape index (κ1) is 16.0. The van der Waals surface area contributed by atoms with Crippen LogP contribution in [0, 0.1) is 12.7 Å². The van der Waals surface area contributed by atoms with Crippen LogP contribution in [0.3, 0.4) is 0 Å². The van der Waals surface area contributed by atoms with Crippen LogP contribution in [0.15, 0.2) is 12.1 Å². The number of hydrogen-bond acceptors (Lipinski definition) is 3. The van der Waals surface area contributed by atoms with E-state index in [2.05, 4.69) is 0 Å². The maximum Gasteiger partial charge on any atom is 0.337 e. The molecule has 0 spiro atoms. The Morgan fingerprint density at radius 1 is 1.21 bits per heavy atom. The topological polar surface area (TPSA) is 38.7 Å². The van der Waals surface area contributed by atoms with Crippen molar-refractivity contribution in [1.82, 2.24) is 0 Å². The van der Waals surface area contributed by atoms with Crippen molar-refractivity contribution in [2.45, 2.75) is 45.8 Å². The van der Waals surface area contributed by atoms with E-state index in [1.54, 1.807) is 40.7 Å². The second-order valence-electron chi connectivity index (χ2n) is 5.67. The molecule has 0 atom stereocenters. The molecule has 0 fully saturated rings. The molecule has 0 aliphatic rings. The van der Waals surface area contributed by atoms with Gasteiger partial charge in [0.15, 0.2) is 0 Å². The lowest BCUT2D eigenvalue weighted by atomic mass is 9.81. The van der Waals surface area contributed by atoms with Crippen LogP contribution in [0.25, 0.3) is 0 Å². The van der Waals surface area contributed by atoms with E-state index < -0.39 is 17.0 Å². The lowest BCUT2D eigenvalue weighted by molar-refractivity contribution is -0.0893. The van der Waals surface area contributed by atoms with E-state index in [4.69, 9.17) is 9.39 Å². The SMILES string of the molecule is COc1cc(C)cc(F)c1[B]OC(C)(C)C(C)(C)O. The molecule has 0 heterocycles. The van der Waals surface area contributed by atoms with Crippen LogP contribution in [0.4, 0.5) is 4.39 Å². The number of rotatable bonds is 5. The largest absolute Gasteiger partial charge is 0.497 e. The standard InChI is InChI=1S/C14H21BFO3/c1-9-7-10(16)12(11(8-9)18-6)15-19-14(4,5)13(2,3)17/h7-8,17H,1-6H3. The highest BCUT2D eigenvalue weighted by atomic mass is 19.1. The van der Waals surface area contributed by atoms with Crippen molar-refractivity contribution in [1.29, 1.82) is 0 Å². The molecule has 3 nitrogen and oxygen atoms in total. The molecule has 0 aliphatic carbocycles. The van der Waals surface area contributed by atoms with Crippen LogP contribution in [-0.2, 0) is 4.65 Å². The number of halogens is 1. The first-order chi connectivity index (χ1) is 8.58. The average molecular weight is 267 g/mol. The summed E-state index contributed by atoms with van der Waals surface area (Å²) in [5, 5.41) is 9.99. The molecular weight excluding hydrogens is 246 g/mol. The predicted molar refractivity (Wildman–Crippen MR) is 74.5 cm³/mol. The van der Waals surface area contributed by atoms with Crippen molar-refractivity contribution in [2.24, 2.45) is 0 Å². The highest BCUT2D eigenvalue weighted by Gasteiger charge is 2.36. The smallest absolute Gasteiger partial charge is 0.337 e. The van der Waals surface area contributed by atoms with Crippen LogP contribution in [0.5, 0.6) is 5.75 Å². The number of ether oxygens (including phenoxy) is 1. The summed E-state index contributed by atoms with van der Waals surface area (Å²) in [5.74, 6) is -0.00700. The van der Waals surface area contributed by atoms with Gasteiger partial charge < -0.3 is 14.5 Å². The third-order valence-electron chi connectivity index (χ3n) is 3.40.